The average Bonchev–Trinajstić information content (AvgIpc) is 2.31. The number of nitrogens with zero attached hydrogens (tertiary/aromatic N) is 1. The molecule has 0 aliphatic heterocycles. The number of rotatable bonds is 2. The van der Waals surface area contributed by atoms with Gasteiger partial charge in [-0.25, -0.2) is 0 Å². The molecule has 0 saturated heterocycles. The molecule has 0 spiro atoms. The predicted molar refractivity (Wildman–Crippen MR) is 40.8 cm³/mol. The van der Waals surface area contributed by atoms with Gasteiger partial charge in [0.2, 0.25) is 0 Å². The molecule has 0 atom stereocenters. The van der Waals surface area contributed by atoms with Crippen molar-refractivity contribution in [3.8, 4) is 0 Å². The predicted octanol–water partition coefficient (Wildman–Crippen LogP) is 1.04. The van der Waals surface area contributed by atoms with Crippen molar-refractivity contribution in [1.29, 1.82) is 0 Å². The first-order valence-corrected chi connectivity index (χ1v) is 3.27. The van der Waals surface area contributed by atoms with Crippen LogP contribution in [0.4, 0.5) is 0 Å². The highest BCUT2D eigenvalue weighted by atomic mass is 16.1. The van der Waals surface area contributed by atoms with Crippen molar-refractivity contribution in [2.24, 2.45) is 7.05 Å². The summed E-state index contributed by atoms with van der Waals surface area (Å²) in [6.45, 7) is 1.48. The Hall–Kier alpha value is -1.38. The fraction of sp³-hybridized carbons (Fsp3) is 0.250. The van der Waals surface area contributed by atoms with E-state index in [9.17, 15) is 9.59 Å². The Bertz CT molecular complexity index is 299. The molecule has 0 radical (unpaired) electrons. The quantitative estimate of drug-likeness (QED) is 0.468. The highest BCUT2D eigenvalue weighted by Gasteiger charge is 2.04. The number of carbonyl (C=O) groups excluding carboxylic acids is 2. The van der Waals surface area contributed by atoms with Crippen LogP contribution in [0.2, 0.25) is 0 Å². The third-order valence-electron chi connectivity index (χ3n) is 1.57. The maximum absolute atomic E-state index is 10.8. The maximum atomic E-state index is 10.8. The smallest absolute Gasteiger partial charge is 0.166 e. The van der Waals surface area contributed by atoms with E-state index in [1.807, 2.05) is 0 Å². The van der Waals surface area contributed by atoms with Crippen LogP contribution in [0.15, 0.2) is 12.3 Å². The number of aryl methyl sites for hydroxylation is 1. The Balaban J connectivity index is 3.14. The lowest BCUT2D eigenvalue weighted by Crippen LogP contribution is -1.90. The minimum Gasteiger partial charge on any atom is -0.348 e. The molecule has 0 bridgehead atoms. The molecule has 11 heavy (non-hydrogen) atoms. The third-order valence-corrected chi connectivity index (χ3v) is 1.57. The minimum atomic E-state index is -0.0197. The molecule has 3 heteroatoms. The van der Waals surface area contributed by atoms with E-state index in [0.717, 1.165) is 6.29 Å². The second kappa shape index (κ2) is 2.70. The first-order chi connectivity index (χ1) is 5.15. The maximum Gasteiger partial charge on any atom is 0.166 e. The Morgan fingerprint density at radius 2 is 2.27 bits per heavy atom. The van der Waals surface area contributed by atoms with Gasteiger partial charge in [-0.1, -0.05) is 0 Å². The first kappa shape index (κ1) is 7.72. The molecule has 0 amide bonds. The highest BCUT2D eigenvalue weighted by Crippen LogP contribution is 2.05. The fourth-order valence-electron chi connectivity index (χ4n) is 0.891. The van der Waals surface area contributed by atoms with Crippen LogP contribution in [-0.4, -0.2) is 16.6 Å². The first-order valence-electron chi connectivity index (χ1n) is 3.27. The molecule has 1 rings (SSSR count). The molecule has 1 aromatic rings. The lowest BCUT2D eigenvalue weighted by Gasteiger charge is -1.89. The van der Waals surface area contributed by atoms with Gasteiger partial charge in [-0.15, -0.1) is 0 Å². The van der Waals surface area contributed by atoms with E-state index in [0.29, 0.717) is 11.3 Å². The number of carbonyl (C=O) groups is 2. The van der Waals surface area contributed by atoms with Crippen LogP contribution in [0.1, 0.15) is 27.8 Å². The highest BCUT2D eigenvalue weighted by molar-refractivity contribution is 5.95. The topological polar surface area (TPSA) is 39.1 Å². The zero-order chi connectivity index (χ0) is 8.43. The molecule has 0 aliphatic carbocycles. The molecule has 0 aromatic carbocycles. The third kappa shape index (κ3) is 1.37. The summed E-state index contributed by atoms with van der Waals surface area (Å²) in [5, 5.41) is 0. The molecule has 1 heterocycles. The van der Waals surface area contributed by atoms with Crippen molar-refractivity contribution < 1.29 is 9.59 Å². The molecule has 3 nitrogen and oxygen atoms in total. The summed E-state index contributed by atoms with van der Waals surface area (Å²) >= 11 is 0. The van der Waals surface area contributed by atoms with Gasteiger partial charge in [-0.2, -0.15) is 0 Å². The van der Waals surface area contributed by atoms with Crippen molar-refractivity contribution in [3.05, 3.63) is 23.5 Å². The summed E-state index contributed by atoms with van der Waals surface area (Å²) < 4.78 is 1.63. The van der Waals surface area contributed by atoms with Crippen LogP contribution < -0.4 is 0 Å². The van der Waals surface area contributed by atoms with Crippen molar-refractivity contribution in [3.63, 3.8) is 0 Å². The van der Waals surface area contributed by atoms with E-state index in [2.05, 4.69) is 0 Å². The van der Waals surface area contributed by atoms with Gasteiger partial charge in [-0.3, -0.25) is 9.59 Å². The average molecular weight is 151 g/mol. The summed E-state index contributed by atoms with van der Waals surface area (Å²) in [6, 6.07) is 1.58. The van der Waals surface area contributed by atoms with E-state index in [4.69, 9.17) is 0 Å². The molecule has 0 saturated carbocycles. The molecule has 0 unspecified atom stereocenters. The van der Waals surface area contributed by atoms with Crippen LogP contribution in [0.25, 0.3) is 0 Å². The van der Waals surface area contributed by atoms with E-state index >= 15 is 0 Å². The van der Waals surface area contributed by atoms with Gasteiger partial charge in [0, 0.05) is 18.8 Å². The number of Topliss-reactive ketones (excluding diaryl/α,β-unsaturated/α-hetero) is 1. The molecule has 0 aliphatic rings. The van der Waals surface area contributed by atoms with Gasteiger partial charge >= 0.3 is 0 Å². The standard InChI is InChI=1S/C8H9NO2/c1-6(11)7-3-8(5-10)9(2)4-7/h3-5H,1-2H3. The summed E-state index contributed by atoms with van der Waals surface area (Å²) in [7, 11) is 1.73. The molecular weight excluding hydrogens is 142 g/mol. The summed E-state index contributed by atoms with van der Waals surface area (Å²) in [5.74, 6) is -0.0197. The summed E-state index contributed by atoms with van der Waals surface area (Å²) in [6.07, 6.45) is 2.37. The van der Waals surface area contributed by atoms with Crippen molar-refractivity contribution >= 4 is 12.1 Å². The number of ketones is 1. The fourth-order valence-corrected chi connectivity index (χ4v) is 0.891. The number of aldehydes is 1. The molecular formula is C8H9NO2. The largest absolute Gasteiger partial charge is 0.348 e. The van der Waals surface area contributed by atoms with Crippen LogP contribution in [0.3, 0.4) is 0 Å². The van der Waals surface area contributed by atoms with E-state index < -0.39 is 0 Å². The van der Waals surface area contributed by atoms with Crippen molar-refractivity contribution in [2.45, 2.75) is 6.92 Å². The number of aromatic nitrogens is 1. The van der Waals surface area contributed by atoms with E-state index in [1.54, 1.807) is 23.9 Å². The molecule has 0 N–H and O–H groups in total. The van der Waals surface area contributed by atoms with Crippen LogP contribution >= 0.6 is 0 Å². The van der Waals surface area contributed by atoms with Gasteiger partial charge in [0.15, 0.2) is 12.1 Å². The van der Waals surface area contributed by atoms with Crippen molar-refractivity contribution in [1.82, 2.24) is 4.57 Å². The lowest BCUT2D eigenvalue weighted by atomic mass is 10.2. The van der Waals surface area contributed by atoms with Gasteiger partial charge in [0.05, 0.1) is 5.69 Å². The number of hydrogen-bond donors (Lipinski definition) is 0. The van der Waals surface area contributed by atoms with Gasteiger partial charge in [0.1, 0.15) is 0 Å². The SMILES string of the molecule is CC(=O)c1cc(C=O)n(C)c1. The molecule has 0 fully saturated rings. The molecule has 58 valence electrons. The summed E-state index contributed by atoms with van der Waals surface area (Å²) in [5.41, 5.74) is 1.10. The van der Waals surface area contributed by atoms with Gasteiger partial charge in [-0.05, 0) is 13.0 Å². The van der Waals surface area contributed by atoms with E-state index in [1.165, 1.54) is 6.92 Å². The summed E-state index contributed by atoms with van der Waals surface area (Å²) in [4.78, 5) is 21.1. The zero-order valence-corrected chi connectivity index (χ0v) is 6.50. The lowest BCUT2D eigenvalue weighted by molar-refractivity contribution is 0.101. The van der Waals surface area contributed by atoms with Gasteiger partial charge in [0.25, 0.3) is 0 Å². The van der Waals surface area contributed by atoms with Crippen LogP contribution in [-0.2, 0) is 7.05 Å². The van der Waals surface area contributed by atoms with E-state index in [-0.39, 0.29) is 5.78 Å². The Kier molecular flexibility index (Phi) is 1.89. The second-order valence-corrected chi connectivity index (χ2v) is 2.44. The molecule has 1 aromatic heterocycles. The van der Waals surface area contributed by atoms with Crippen molar-refractivity contribution in [2.75, 3.05) is 0 Å². The Labute approximate surface area is 64.6 Å². The number of hydrogen-bond acceptors (Lipinski definition) is 2. The van der Waals surface area contributed by atoms with Crippen LogP contribution in [0, 0.1) is 0 Å². The van der Waals surface area contributed by atoms with Gasteiger partial charge < -0.3 is 4.57 Å². The monoisotopic (exact) mass is 151 g/mol. The Morgan fingerprint density at radius 1 is 1.64 bits per heavy atom. The second-order valence-electron chi connectivity index (χ2n) is 2.44. The van der Waals surface area contributed by atoms with Crippen LogP contribution in [0.5, 0.6) is 0 Å². The zero-order valence-electron chi connectivity index (χ0n) is 6.50. The normalized spacial score (nSPS) is 9.64. The minimum absolute atomic E-state index is 0.0197. The Morgan fingerprint density at radius 3 is 2.55 bits per heavy atom.